The zero-order valence-electron chi connectivity index (χ0n) is 11.3. The second-order valence-electron chi connectivity index (χ2n) is 5.02. The molecule has 0 aliphatic carbocycles. The van der Waals surface area contributed by atoms with E-state index in [1.807, 2.05) is 30.0 Å². The average Bonchev–Trinajstić information content (AvgIpc) is 2.83. The first-order valence-corrected chi connectivity index (χ1v) is 8.36. The Labute approximate surface area is 127 Å². The van der Waals surface area contributed by atoms with Crippen molar-refractivity contribution in [2.45, 2.75) is 25.0 Å². The summed E-state index contributed by atoms with van der Waals surface area (Å²) in [6.45, 7) is 2.75. The van der Waals surface area contributed by atoms with Crippen molar-refractivity contribution in [1.29, 1.82) is 0 Å². The van der Waals surface area contributed by atoms with Gasteiger partial charge < -0.3 is 15.2 Å². The highest BCUT2D eigenvalue weighted by atomic mass is 79.9. The lowest BCUT2D eigenvalue weighted by Gasteiger charge is -2.25. The molecule has 5 heteroatoms. The van der Waals surface area contributed by atoms with E-state index in [1.54, 1.807) is 7.11 Å². The molecule has 1 aromatic carbocycles. The molecule has 1 aliphatic rings. The normalized spacial score (nSPS) is 24.4. The smallest absolute Gasteiger partial charge is 0.120 e. The zero-order valence-corrected chi connectivity index (χ0v) is 13.7. The van der Waals surface area contributed by atoms with E-state index >= 15 is 0 Å². The molecule has 1 aliphatic heterocycles. The standard InChI is InChI=1S/C14H20BrNO2S/c1-10(16-8-14(17)5-6-19-9-14)12-4-3-11(18-2)7-13(12)15/h3-4,7,10,16-17H,5-6,8-9H2,1-2H3/t10-,14+/m0/s1. The van der Waals surface area contributed by atoms with Crippen molar-refractivity contribution in [3.63, 3.8) is 0 Å². The fourth-order valence-electron chi connectivity index (χ4n) is 2.17. The van der Waals surface area contributed by atoms with E-state index in [4.69, 9.17) is 4.74 Å². The summed E-state index contributed by atoms with van der Waals surface area (Å²) in [5.74, 6) is 2.73. The maximum atomic E-state index is 10.3. The van der Waals surface area contributed by atoms with Gasteiger partial charge in [-0.15, -0.1) is 0 Å². The van der Waals surface area contributed by atoms with Gasteiger partial charge in [-0.1, -0.05) is 22.0 Å². The Morgan fingerprint density at radius 3 is 2.95 bits per heavy atom. The number of thioether (sulfide) groups is 1. The molecule has 1 saturated heterocycles. The number of nitrogens with one attached hydrogen (secondary N) is 1. The van der Waals surface area contributed by atoms with Gasteiger partial charge in [0.05, 0.1) is 12.7 Å². The molecule has 0 unspecified atom stereocenters. The number of hydrogen-bond donors (Lipinski definition) is 2. The predicted octanol–water partition coefficient (Wildman–Crippen LogP) is 2.98. The monoisotopic (exact) mass is 345 g/mol. The molecule has 19 heavy (non-hydrogen) atoms. The molecule has 0 bridgehead atoms. The van der Waals surface area contributed by atoms with E-state index in [1.165, 1.54) is 5.56 Å². The Bertz CT molecular complexity index is 435. The van der Waals surface area contributed by atoms with Crippen LogP contribution in [0.2, 0.25) is 0 Å². The Balaban J connectivity index is 1.97. The van der Waals surface area contributed by atoms with Gasteiger partial charge in [-0.05, 0) is 36.8 Å². The predicted molar refractivity (Wildman–Crippen MR) is 84.0 cm³/mol. The second kappa shape index (κ2) is 6.48. The molecule has 106 valence electrons. The van der Waals surface area contributed by atoms with Gasteiger partial charge in [0.1, 0.15) is 5.75 Å². The molecule has 0 radical (unpaired) electrons. The number of aliphatic hydroxyl groups is 1. The van der Waals surface area contributed by atoms with Gasteiger partial charge in [0.2, 0.25) is 0 Å². The van der Waals surface area contributed by atoms with E-state index in [0.29, 0.717) is 6.54 Å². The third-order valence-corrected chi connectivity index (χ3v) is 5.41. The van der Waals surface area contributed by atoms with E-state index in [-0.39, 0.29) is 6.04 Å². The molecule has 2 rings (SSSR count). The summed E-state index contributed by atoms with van der Waals surface area (Å²) in [6, 6.07) is 6.16. The highest BCUT2D eigenvalue weighted by molar-refractivity contribution is 9.10. The van der Waals surface area contributed by atoms with Crippen molar-refractivity contribution in [2.24, 2.45) is 0 Å². The van der Waals surface area contributed by atoms with Crippen LogP contribution in [0.1, 0.15) is 24.9 Å². The number of benzene rings is 1. The minimum absolute atomic E-state index is 0.190. The van der Waals surface area contributed by atoms with Gasteiger partial charge in [0.25, 0.3) is 0 Å². The van der Waals surface area contributed by atoms with Crippen LogP contribution in [-0.4, -0.2) is 35.9 Å². The summed E-state index contributed by atoms with van der Waals surface area (Å²) in [5.41, 5.74) is 0.632. The third-order valence-electron chi connectivity index (χ3n) is 3.49. The fourth-order valence-corrected chi connectivity index (χ4v) is 4.17. The van der Waals surface area contributed by atoms with Gasteiger partial charge in [0, 0.05) is 22.8 Å². The van der Waals surface area contributed by atoms with Crippen LogP contribution in [0.15, 0.2) is 22.7 Å². The van der Waals surface area contributed by atoms with Crippen molar-refractivity contribution < 1.29 is 9.84 Å². The lowest BCUT2D eigenvalue weighted by Crippen LogP contribution is -2.41. The van der Waals surface area contributed by atoms with Gasteiger partial charge >= 0.3 is 0 Å². The summed E-state index contributed by atoms with van der Waals surface area (Å²) in [4.78, 5) is 0. The van der Waals surface area contributed by atoms with E-state index in [2.05, 4.69) is 28.2 Å². The zero-order chi connectivity index (χ0) is 13.9. The van der Waals surface area contributed by atoms with Gasteiger partial charge in [0.15, 0.2) is 0 Å². The first-order chi connectivity index (χ1) is 9.04. The van der Waals surface area contributed by atoms with Crippen molar-refractivity contribution >= 4 is 27.7 Å². The number of methoxy groups -OCH3 is 1. The van der Waals surface area contributed by atoms with Crippen LogP contribution in [0.25, 0.3) is 0 Å². The first-order valence-electron chi connectivity index (χ1n) is 6.41. The second-order valence-corrected chi connectivity index (χ2v) is 6.98. The molecule has 1 fully saturated rings. The fraction of sp³-hybridized carbons (Fsp3) is 0.571. The van der Waals surface area contributed by atoms with Crippen LogP contribution in [0.3, 0.4) is 0 Å². The summed E-state index contributed by atoms with van der Waals surface area (Å²) in [6.07, 6.45) is 0.876. The Kier molecular flexibility index (Phi) is 5.17. The Hall–Kier alpha value is -0.230. The van der Waals surface area contributed by atoms with Crippen molar-refractivity contribution in [3.8, 4) is 5.75 Å². The first kappa shape index (κ1) is 15.2. The summed E-state index contributed by atoms with van der Waals surface area (Å²) in [7, 11) is 1.66. The maximum absolute atomic E-state index is 10.3. The molecule has 3 nitrogen and oxygen atoms in total. The van der Waals surface area contributed by atoms with E-state index in [0.717, 1.165) is 28.1 Å². The SMILES string of the molecule is COc1ccc([C@H](C)NC[C@]2(O)CCSC2)c(Br)c1. The minimum Gasteiger partial charge on any atom is -0.497 e. The number of halogens is 1. The Morgan fingerprint density at radius 2 is 2.37 bits per heavy atom. The van der Waals surface area contributed by atoms with Crippen molar-refractivity contribution in [2.75, 3.05) is 25.2 Å². The van der Waals surface area contributed by atoms with Crippen LogP contribution in [-0.2, 0) is 0 Å². The van der Waals surface area contributed by atoms with Crippen molar-refractivity contribution in [3.05, 3.63) is 28.2 Å². The highest BCUT2D eigenvalue weighted by Gasteiger charge is 2.31. The lowest BCUT2D eigenvalue weighted by atomic mass is 10.0. The molecule has 1 heterocycles. The molecular weight excluding hydrogens is 326 g/mol. The molecule has 0 aromatic heterocycles. The van der Waals surface area contributed by atoms with Crippen molar-refractivity contribution in [1.82, 2.24) is 5.32 Å². The average molecular weight is 346 g/mol. The number of ether oxygens (including phenoxy) is 1. The number of rotatable bonds is 5. The third kappa shape index (κ3) is 3.88. The Morgan fingerprint density at radius 1 is 1.58 bits per heavy atom. The molecular formula is C14H20BrNO2S. The molecule has 0 amide bonds. The lowest BCUT2D eigenvalue weighted by molar-refractivity contribution is 0.0651. The summed E-state index contributed by atoms with van der Waals surface area (Å²) < 4.78 is 6.22. The molecule has 0 spiro atoms. The molecule has 1 aromatic rings. The number of hydrogen-bond acceptors (Lipinski definition) is 4. The summed E-state index contributed by atoms with van der Waals surface area (Å²) in [5, 5.41) is 13.7. The molecule has 2 atom stereocenters. The van der Waals surface area contributed by atoms with Gasteiger partial charge in [-0.2, -0.15) is 11.8 Å². The van der Waals surface area contributed by atoms with E-state index < -0.39 is 5.60 Å². The van der Waals surface area contributed by atoms with Gasteiger partial charge in [-0.25, -0.2) is 0 Å². The van der Waals surface area contributed by atoms with Crippen LogP contribution in [0.4, 0.5) is 0 Å². The maximum Gasteiger partial charge on any atom is 0.120 e. The quantitative estimate of drug-likeness (QED) is 0.860. The highest BCUT2D eigenvalue weighted by Crippen LogP contribution is 2.30. The minimum atomic E-state index is -0.544. The summed E-state index contributed by atoms with van der Waals surface area (Å²) >= 11 is 5.39. The largest absolute Gasteiger partial charge is 0.497 e. The van der Waals surface area contributed by atoms with Crippen LogP contribution in [0.5, 0.6) is 5.75 Å². The van der Waals surface area contributed by atoms with Crippen LogP contribution >= 0.6 is 27.7 Å². The van der Waals surface area contributed by atoms with Crippen LogP contribution in [0, 0.1) is 0 Å². The van der Waals surface area contributed by atoms with E-state index in [9.17, 15) is 5.11 Å². The topological polar surface area (TPSA) is 41.5 Å². The van der Waals surface area contributed by atoms with Crippen LogP contribution < -0.4 is 10.1 Å². The van der Waals surface area contributed by atoms with Gasteiger partial charge in [-0.3, -0.25) is 0 Å². The molecule has 2 N–H and O–H groups in total. The molecule has 0 saturated carbocycles.